The van der Waals surface area contributed by atoms with Gasteiger partial charge in [-0.1, -0.05) is 36.4 Å². The number of carbonyl (C=O) groups is 3. The molecular weight excluding hydrogens is 320 g/mol. The van der Waals surface area contributed by atoms with Crippen molar-refractivity contribution in [1.82, 2.24) is 5.32 Å². The number of hydrogen-bond acceptors (Lipinski definition) is 4. The second-order valence-electron chi connectivity index (χ2n) is 5.46. The van der Waals surface area contributed by atoms with Gasteiger partial charge in [0, 0.05) is 18.3 Å². The Labute approximate surface area is 146 Å². The van der Waals surface area contributed by atoms with Gasteiger partial charge < -0.3 is 15.0 Å². The zero-order valence-electron chi connectivity index (χ0n) is 14.1. The summed E-state index contributed by atoms with van der Waals surface area (Å²) in [5, 5.41) is 2.54. The minimum Gasteiger partial charge on any atom is -0.454 e. The lowest BCUT2D eigenvalue weighted by Gasteiger charge is -2.18. The summed E-state index contributed by atoms with van der Waals surface area (Å²) in [7, 11) is 1.60. The Balaban J connectivity index is 1.83. The van der Waals surface area contributed by atoms with Crippen molar-refractivity contribution in [3.8, 4) is 0 Å². The van der Waals surface area contributed by atoms with Crippen molar-refractivity contribution < 1.29 is 19.1 Å². The zero-order chi connectivity index (χ0) is 18.2. The summed E-state index contributed by atoms with van der Waals surface area (Å²) in [6, 6.07) is 16.7. The van der Waals surface area contributed by atoms with Gasteiger partial charge in [0.2, 0.25) is 0 Å². The van der Waals surface area contributed by atoms with Crippen LogP contribution in [0.3, 0.4) is 0 Å². The van der Waals surface area contributed by atoms with Gasteiger partial charge in [0.25, 0.3) is 11.8 Å². The number of anilines is 1. The topological polar surface area (TPSA) is 75.7 Å². The highest BCUT2D eigenvalue weighted by Gasteiger charge is 2.20. The van der Waals surface area contributed by atoms with Gasteiger partial charge in [0.1, 0.15) is 6.04 Å². The monoisotopic (exact) mass is 340 g/mol. The predicted octanol–water partition coefficient (Wildman–Crippen LogP) is 2.01. The van der Waals surface area contributed by atoms with Gasteiger partial charge in [-0.15, -0.1) is 0 Å². The first-order valence-corrected chi connectivity index (χ1v) is 7.83. The molecule has 0 aliphatic carbocycles. The largest absolute Gasteiger partial charge is 0.454 e. The van der Waals surface area contributed by atoms with E-state index in [1.165, 1.54) is 11.8 Å². The molecule has 25 heavy (non-hydrogen) atoms. The molecule has 2 rings (SSSR count). The highest BCUT2D eigenvalue weighted by Crippen LogP contribution is 2.11. The van der Waals surface area contributed by atoms with Crippen molar-refractivity contribution in [2.45, 2.75) is 13.0 Å². The SMILES string of the molecule is C[C@H](NC(=O)c1ccccc1)C(=O)OCC(=O)N(C)c1ccccc1. The van der Waals surface area contributed by atoms with E-state index in [4.69, 9.17) is 4.74 Å². The lowest BCUT2D eigenvalue weighted by Crippen LogP contribution is -2.41. The van der Waals surface area contributed by atoms with Gasteiger partial charge in [-0.2, -0.15) is 0 Å². The molecule has 0 radical (unpaired) electrons. The van der Waals surface area contributed by atoms with Crippen LogP contribution in [0.25, 0.3) is 0 Å². The molecule has 0 aromatic heterocycles. The molecule has 0 aliphatic heterocycles. The number of amides is 2. The summed E-state index contributed by atoms with van der Waals surface area (Å²) in [6.07, 6.45) is 0. The molecule has 2 aromatic rings. The molecule has 0 spiro atoms. The molecule has 0 aliphatic rings. The molecule has 0 bridgehead atoms. The summed E-state index contributed by atoms with van der Waals surface area (Å²) in [5.74, 6) is -1.40. The van der Waals surface area contributed by atoms with E-state index >= 15 is 0 Å². The second-order valence-corrected chi connectivity index (χ2v) is 5.46. The Bertz CT molecular complexity index is 732. The molecule has 0 unspecified atom stereocenters. The number of ether oxygens (including phenoxy) is 1. The minimum absolute atomic E-state index is 0.360. The fraction of sp³-hybridized carbons (Fsp3) is 0.211. The average molecular weight is 340 g/mol. The third-order valence-electron chi connectivity index (χ3n) is 3.59. The molecular formula is C19H20N2O4. The number of likely N-dealkylation sites (N-methyl/N-ethyl adjacent to an activating group) is 1. The van der Waals surface area contributed by atoms with Gasteiger partial charge in [-0.05, 0) is 31.2 Å². The van der Waals surface area contributed by atoms with Crippen LogP contribution in [0.15, 0.2) is 60.7 Å². The molecule has 1 N–H and O–H groups in total. The fourth-order valence-corrected chi connectivity index (χ4v) is 2.08. The first-order chi connectivity index (χ1) is 12.0. The van der Waals surface area contributed by atoms with Gasteiger partial charge in [0.15, 0.2) is 6.61 Å². The van der Waals surface area contributed by atoms with Gasteiger partial charge >= 0.3 is 5.97 Å². The molecule has 6 nitrogen and oxygen atoms in total. The van der Waals surface area contributed by atoms with Crippen LogP contribution in [-0.2, 0) is 14.3 Å². The number of nitrogens with one attached hydrogen (secondary N) is 1. The molecule has 2 aromatic carbocycles. The van der Waals surface area contributed by atoms with Gasteiger partial charge in [-0.25, -0.2) is 4.79 Å². The number of benzene rings is 2. The standard InChI is InChI=1S/C19H20N2O4/c1-14(20-18(23)15-9-5-3-6-10-15)19(24)25-13-17(22)21(2)16-11-7-4-8-12-16/h3-12,14H,13H2,1-2H3,(H,20,23)/t14-/m0/s1. The summed E-state index contributed by atoms with van der Waals surface area (Å²) >= 11 is 0. The summed E-state index contributed by atoms with van der Waals surface area (Å²) in [5.41, 5.74) is 1.15. The van der Waals surface area contributed by atoms with Crippen molar-refractivity contribution in [1.29, 1.82) is 0 Å². The van der Waals surface area contributed by atoms with Crippen LogP contribution in [0.1, 0.15) is 17.3 Å². The number of para-hydroxylation sites is 1. The van der Waals surface area contributed by atoms with Crippen LogP contribution in [-0.4, -0.2) is 37.5 Å². The van der Waals surface area contributed by atoms with E-state index < -0.39 is 18.6 Å². The smallest absolute Gasteiger partial charge is 0.328 e. The van der Waals surface area contributed by atoms with E-state index in [0.717, 1.165) is 0 Å². The maximum absolute atomic E-state index is 12.1. The predicted molar refractivity (Wildman–Crippen MR) is 94.2 cm³/mol. The van der Waals surface area contributed by atoms with E-state index in [-0.39, 0.29) is 11.8 Å². The van der Waals surface area contributed by atoms with E-state index in [1.807, 2.05) is 18.2 Å². The summed E-state index contributed by atoms with van der Waals surface area (Å²) in [4.78, 5) is 37.4. The Hall–Kier alpha value is -3.15. The van der Waals surface area contributed by atoms with Gasteiger partial charge in [0.05, 0.1) is 0 Å². The Morgan fingerprint density at radius 2 is 1.56 bits per heavy atom. The van der Waals surface area contributed by atoms with Crippen molar-refractivity contribution in [2.75, 3.05) is 18.6 Å². The third kappa shape index (κ3) is 5.17. The van der Waals surface area contributed by atoms with Crippen LogP contribution < -0.4 is 10.2 Å². The number of carbonyl (C=O) groups excluding carboxylic acids is 3. The molecule has 130 valence electrons. The molecule has 0 fully saturated rings. The first-order valence-electron chi connectivity index (χ1n) is 7.83. The van der Waals surface area contributed by atoms with Crippen LogP contribution in [0, 0.1) is 0 Å². The highest BCUT2D eigenvalue weighted by atomic mass is 16.5. The van der Waals surface area contributed by atoms with Crippen molar-refractivity contribution in [3.05, 3.63) is 66.2 Å². The quantitative estimate of drug-likeness (QED) is 0.816. The summed E-state index contributed by atoms with van der Waals surface area (Å²) in [6.45, 7) is 1.12. The number of esters is 1. The Morgan fingerprint density at radius 3 is 2.16 bits per heavy atom. The van der Waals surface area contributed by atoms with E-state index in [9.17, 15) is 14.4 Å². The fourth-order valence-electron chi connectivity index (χ4n) is 2.08. The van der Waals surface area contributed by atoms with E-state index in [2.05, 4.69) is 5.32 Å². The lowest BCUT2D eigenvalue weighted by molar-refractivity contribution is -0.149. The Kier molecular flexibility index (Phi) is 6.28. The minimum atomic E-state index is -0.859. The lowest BCUT2D eigenvalue weighted by atomic mass is 10.2. The second kappa shape index (κ2) is 8.63. The van der Waals surface area contributed by atoms with Crippen LogP contribution in [0.5, 0.6) is 0 Å². The van der Waals surface area contributed by atoms with Crippen LogP contribution in [0.4, 0.5) is 5.69 Å². The molecule has 0 heterocycles. The third-order valence-corrected chi connectivity index (χ3v) is 3.59. The van der Waals surface area contributed by atoms with E-state index in [0.29, 0.717) is 11.3 Å². The zero-order valence-corrected chi connectivity index (χ0v) is 14.1. The van der Waals surface area contributed by atoms with E-state index in [1.54, 1.807) is 49.5 Å². The van der Waals surface area contributed by atoms with Gasteiger partial charge in [-0.3, -0.25) is 9.59 Å². The molecule has 0 saturated carbocycles. The average Bonchev–Trinajstić information content (AvgIpc) is 2.66. The first kappa shape index (κ1) is 18.2. The normalized spacial score (nSPS) is 11.3. The molecule has 0 saturated heterocycles. The summed E-state index contributed by atoms with van der Waals surface area (Å²) < 4.78 is 5.00. The van der Waals surface area contributed by atoms with Crippen molar-refractivity contribution in [3.63, 3.8) is 0 Å². The molecule has 6 heteroatoms. The number of nitrogens with zero attached hydrogens (tertiary/aromatic N) is 1. The molecule has 2 amide bonds. The number of hydrogen-bond donors (Lipinski definition) is 1. The number of rotatable bonds is 6. The van der Waals surface area contributed by atoms with Crippen LogP contribution >= 0.6 is 0 Å². The van der Waals surface area contributed by atoms with Crippen molar-refractivity contribution in [2.24, 2.45) is 0 Å². The van der Waals surface area contributed by atoms with Crippen LogP contribution in [0.2, 0.25) is 0 Å². The van der Waals surface area contributed by atoms with Crippen molar-refractivity contribution >= 4 is 23.5 Å². The maximum Gasteiger partial charge on any atom is 0.328 e. The maximum atomic E-state index is 12.1. The highest BCUT2D eigenvalue weighted by molar-refractivity contribution is 5.97. The Morgan fingerprint density at radius 1 is 1.00 bits per heavy atom. The molecule has 1 atom stereocenters.